The predicted octanol–water partition coefficient (Wildman–Crippen LogP) is 4.71. The molecule has 2 aromatic carbocycles. The quantitative estimate of drug-likeness (QED) is 0.809. The van der Waals surface area contributed by atoms with Crippen molar-refractivity contribution in [3.63, 3.8) is 0 Å². The van der Waals surface area contributed by atoms with Gasteiger partial charge in [-0.2, -0.15) is 0 Å². The molecule has 0 radical (unpaired) electrons. The molecule has 2 aromatic rings. The van der Waals surface area contributed by atoms with E-state index in [1.54, 1.807) is 24.3 Å². The van der Waals surface area contributed by atoms with Crippen LogP contribution in [-0.2, 0) is 4.79 Å². The second-order valence-electron chi connectivity index (χ2n) is 3.85. The van der Waals surface area contributed by atoms with Gasteiger partial charge in [0.05, 0.1) is 10.7 Å². The molecule has 1 amide bonds. The fraction of sp³-hybridized carbons (Fsp3) is 0.0714. The third kappa shape index (κ3) is 3.63. The molecule has 96 valence electrons. The zero-order valence-corrected chi connectivity index (χ0v) is 11.1. The van der Waals surface area contributed by atoms with E-state index in [0.717, 1.165) is 0 Å². The molecule has 0 fully saturated rings. The summed E-state index contributed by atoms with van der Waals surface area (Å²) in [6, 6.07) is 14.4. The summed E-state index contributed by atoms with van der Waals surface area (Å²) in [7, 11) is 0. The lowest BCUT2D eigenvalue weighted by Gasteiger charge is -2.04. The highest BCUT2D eigenvalue weighted by molar-refractivity contribution is 6.32. The molecule has 0 spiro atoms. The highest BCUT2D eigenvalue weighted by atomic mass is 35.5. The van der Waals surface area contributed by atoms with Gasteiger partial charge < -0.3 is 5.32 Å². The van der Waals surface area contributed by atoms with Gasteiger partial charge in [-0.1, -0.05) is 35.9 Å². The smallest absolute Gasteiger partial charge is 0.221 e. The first-order valence-corrected chi connectivity index (χ1v) is 6.07. The van der Waals surface area contributed by atoms with Gasteiger partial charge in [0.25, 0.3) is 0 Å². The Bertz CT molecular complexity index is 626. The first-order chi connectivity index (χ1) is 9.16. The monoisotopic (exact) mass is 273 g/mol. The SMILES string of the molecule is CC(=O)Nc1ccccc1/N=N\c1ccccc1Cl. The maximum Gasteiger partial charge on any atom is 0.221 e. The normalized spacial score (nSPS) is 10.6. The lowest BCUT2D eigenvalue weighted by molar-refractivity contribution is -0.114. The van der Waals surface area contributed by atoms with Crippen LogP contribution in [0, 0.1) is 0 Å². The van der Waals surface area contributed by atoms with E-state index in [1.165, 1.54) is 6.92 Å². The summed E-state index contributed by atoms with van der Waals surface area (Å²) in [4.78, 5) is 11.1. The Balaban J connectivity index is 2.28. The molecule has 0 aromatic heterocycles. The van der Waals surface area contributed by atoms with Crippen molar-refractivity contribution in [3.05, 3.63) is 53.6 Å². The van der Waals surface area contributed by atoms with Crippen LogP contribution in [0.4, 0.5) is 17.1 Å². The van der Waals surface area contributed by atoms with Gasteiger partial charge in [-0.05, 0) is 24.3 Å². The Hall–Kier alpha value is -2.20. The van der Waals surface area contributed by atoms with Gasteiger partial charge in [0.15, 0.2) is 0 Å². The molecule has 0 saturated carbocycles. The van der Waals surface area contributed by atoms with E-state index >= 15 is 0 Å². The van der Waals surface area contributed by atoms with Crippen LogP contribution >= 0.6 is 11.6 Å². The summed E-state index contributed by atoms with van der Waals surface area (Å²) in [5.74, 6) is -0.152. The number of carbonyl (C=O) groups excluding carboxylic acids is 1. The van der Waals surface area contributed by atoms with Crippen LogP contribution in [0.1, 0.15) is 6.92 Å². The Morgan fingerprint density at radius 2 is 1.58 bits per heavy atom. The number of rotatable bonds is 3. The first-order valence-electron chi connectivity index (χ1n) is 5.70. The highest BCUT2D eigenvalue weighted by Crippen LogP contribution is 2.29. The van der Waals surface area contributed by atoms with Gasteiger partial charge in [0.2, 0.25) is 5.91 Å². The lowest BCUT2D eigenvalue weighted by Crippen LogP contribution is -2.05. The van der Waals surface area contributed by atoms with Crippen molar-refractivity contribution in [2.75, 3.05) is 5.32 Å². The first kappa shape index (κ1) is 13.2. The van der Waals surface area contributed by atoms with E-state index in [-0.39, 0.29) is 5.91 Å². The molecule has 0 atom stereocenters. The van der Waals surface area contributed by atoms with E-state index in [9.17, 15) is 4.79 Å². The van der Waals surface area contributed by atoms with Gasteiger partial charge in [0, 0.05) is 6.92 Å². The largest absolute Gasteiger partial charge is 0.324 e. The van der Waals surface area contributed by atoms with Crippen molar-refractivity contribution < 1.29 is 4.79 Å². The summed E-state index contributed by atoms with van der Waals surface area (Å²) in [5, 5.41) is 11.4. The van der Waals surface area contributed by atoms with Gasteiger partial charge in [-0.15, -0.1) is 10.2 Å². The second kappa shape index (κ2) is 6.11. The van der Waals surface area contributed by atoms with Crippen molar-refractivity contribution in [2.45, 2.75) is 6.92 Å². The molecule has 0 bridgehead atoms. The van der Waals surface area contributed by atoms with Crippen LogP contribution in [0.25, 0.3) is 0 Å². The molecule has 0 aliphatic carbocycles. The number of carbonyl (C=O) groups is 1. The Morgan fingerprint density at radius 3 is 2.26 bits per heavy atom. The highest BCUT2D eigenvalue weighted by Gasteiger charge is 2.02. The standard InChI is InChI=1S/C14H12ClN3O/c1-10(19)16-13-8-4-5-9-14(13)18-17-12-7-3-2-6-11(12)15/h2-9H,1H3,(H,16,19)/b18-17-. The molecular formula is C14H12ClN3O. The molecule has 5 heteroatoms. The van der Waals surface area contributed by atoms with Crippen LogP contribution in [0.3, 0.4) is 0 Å². The van der Waals surface area contributed by atoms with Crippen LogP contribution in [0.2, 0.25) is 5.02 Å². The molecule has 0 aliphatic rings. The van der Waals surface area contributed by atoms with E-state index in [1.807, 2.05) is 24.3 Å². The minimum atomic E-state index is -0.152. The number of nitrogens with zero attached hydrogens (tertiary/aromatic N) is 2. The topological polar surface area (TPSA) is 53.8 Å². The average Bonchev–Trinajstić information content (AvgIpc) is 2.39. The molecule has 1 N–H and O–H groups in total. The number of azo groups is 1. The van der Waals surface area contributed by atoms with E-state index < -0.39 is 0 Å². The third-order valence-electron chi connectivity index (χ3n) is 2.33. The average molecular weight is 274 g/mol. The Kier molecular flexibility index (Phi) is 4.26. The maximum absolute atomic E-state index is 11.1. The van der Waals surface area contributed by atoms with Gasteiger partial charge in [-0.3, -0.25) is 4.79 Å². The van der Waals surface area contributed by atoms with Crippen molar-refractivity contribution in [1.29, 1.82) is 0 Å². The number of hydrogen-bond donors (Lipinski definition) is 1. The summed E-state index contributed by atoms with van der Waals surface area (Å²) in [6.07, 6.45) is 0. The zero-order chi connectivity index (χ0) is 13.7. The van der Waals surface area contributed by atoms with E-state index in [4.69, 9.17) is 11.6 Å². The fourth-order valence-corrected chi connectivity index (χ4v) is 1.67. The predicted molar refractivity (Wildman–Crippen MR) is 76.4 cm³/mol. The molecule has 0 heterocycles. The minimum Gasteiger partial charge on any atom is -0.324 e. The molecule has 0 aliphatic heterocycles. The van der Waals surface area contributed by atoms with Crippen molar-refractivity contribution >= 4 is 34.6 Å². The second-order valence-corrected chi connectivity index (χ2v) is 4.26. The maximum atomic E-state index is 11.1. The summed E-state index contributed by atoms with van der Waals surface area (Å²) in [6.45, 7) is 1.45. The van der Waals surface area contributed by atoms with Crippen LogP contribution in [-0.4, -0.2) is 5.91 Å². The molecule has 19 heavy (non-hydrogen) atoms. The number of anilines is 1. The Morgan fingerprint density at radius 1 is 1.00 bits per heavy atom. The molecule has 4 nitrogen and oxygen atoms in total. The number of nitrogens with one attached hydrogen (secondary N) is 1. The summed E-state index contributed by atoms with van der Waals surface area (Å²) in [5.41, 5.74) is 1.78. The van der Waals surface area contributed by atoms with Gasteiger partial charge in [0.1, 0.15) is 11.4 Å². The molecule has 0 saturated heterocycles. The van der Waals surface area contributed by atoms with E-state index in [2.05, 4.69) is 15.5 Å². The fourth-order valence-electron chi connectivity index (χ4n) is 1.50. The minimum absolute atomic E-state index is 0.152. The van der Waals surface area contributed by atoms with Crippen molar-refractivity contribution in [2.24, 2.45) is 10.2 Å². The number of amides is 1. The Labute approximate surface area is 116 Å². The number of hydrogen-bond acceptors (Lipinski definition) is 3. The zero-order valence-electron chi connectivity index (χ0n) is 10.3. The number of benzene rings is 2. The molecule has 2 rings (SSSR count). The van der Waals surface area contributed by atoms with E-state index in [0.29, 0.717) is 22.1 Å². The summed E-state index contributed by atoms with van der Waals surface area (Å²) < 4.78 is 0. The van der Waals surface area contributed by atoms with Crippen LogP contribution in [0.15, 0.2) is 58.8 Å². The summed E-state index contributed by atoms with van der Waals surface area (Å²) >= 11 is 5.99. The van der Waals surface area contributed by atoms with Crippen molar-refractivity contribution in [1.82, 2.24) is 0 Å². The molecule has 0 unspecified atom stereocenters. The van der Waals surface area contributed by atoms with Gasteiger partial charge in [-0.25, -0.2) is 0 Å². The number of para-hydroxylation sites is 1. The van der Waals surface area contributed by atoms with Crippen molar-refractivity contribution in [3.8, 4) is 0 Å². The number of halogens is 1. The van der Waals surface area contributed by atoms with Crippen LogP contribution in [0.5, 0.6) is 0 Å². The van der Waals surface area contributed by atoms with Crippen LogP contribution < -0.4 is 5.32 Å². The van der Waals surface area contributed by atoms with Gasteiger partial charge >= 0.3 is 0 Å². The third-order valence-corrected chi connectivity index (χ3v) is 2.65. The lowest BCUT2D eigenvalue weighted by atomic mass is 10.2. The molecular weight excluding hydrogens is 262 g/mol.